The Morgan fingerprint density at radius 3 is 2.76 bits per heavy atom. The Bertz CT molecular complexity index is 544. The zero-order valence-electron chi connectivity index (χ0n) is 9.45. The molecule has 0 fully saturated rings. The van der Waals surface area contributed by atoms with Gasteiger partial charge >= 0.3 is 0 Å². The fraction of sp³-hybridized carbons (Fsp3) is 0.167. The lowest BCUT2D eigenvalue weighted by Gasteiger charge is -2.04. The Hall–Kier alpha value is -2.17. The zero-order valence-corrected chi connectivity index (χ0v) is 9.45. The van der Waals surface area contributed by atoms with Gasteiger partial charge in [-0.15, -0.1) is 0 Å². The second-order valence-corrected chi connectivity index (χ2v) is 3.66. The van der Waals surface area contributed by atoms with Crippen LogP contribution in [0.15, 0.2) is 28.8 Å². The van der Waals surface area contributed by atoms with Gasteiger partial charge in [0.1, 0.15) is 17.2 Å². The maximum atomic E-state index is 13.0. The number of halogens is 1. The van der Waals surface area contributed by atoms with Gasteiger partial charge in [-0.3, -0.25) is 4.79 Å². The molecular weight excluding hydrogens is 223 g/mol. The second kappa shape index (κ2) is 4.37. The summed E-state index contributed by atoms with van der Waals surface area (Å²) in [6.07, 6.45) is 0. The number of anilines is 1. The predicted octanol–water partition coefficient (Wildman–Crippen LogP) is 2.68. The maximum Gasteiger partial charge on any atom is 0.255 e. The van der Waals surface area contributed by atoms with Crippen LogP contribution in [0, 0.1) is 19.7 Å². The normalized spacial score (nSPS) is 10.3. The summed E-state index contributed by atoms with van der Waals surface area (Å²) in [5, 5.41) is 6.36. The molecule has 0 radical (unpaired) electrons. The molecule has 5 heteroatoms. The number of aryl methyl sites for hydroxylation is 2. The van der Waals surface area contributed by atoms with Crippen molar-refractivity contribution < 1.29 is 13.7 Å². The molecule has 2 rings (SSSR count). The van der Waals surface area contributed by atoms with E-state index in [-0.39, 0.29) is 11.5 Å². The van der Waals surface area contributed by atoms with Crippen LogP contribution in [0.1, 0.15) is 21.8 Å². The van der Waals surface area contributed by atoms with E-state index in [9.17, 15) is 9.18 Å². The zero-order chi connectivity index (χ0) is 12.4. The first-order valence-corrected chi connectivity index (χ1v) is 5.07. The number of amides is 1. The number of nitrogens with zero attached hydrogens (tertiary/aromatic N) is 1. The number of rotatable bonds is 2. The van der Waals surface area contributed by atoms with Crippen LogP contribution in [0.25, 0.3) is 0 Å². The molecule has 17 heavy (non-hydrogen) atoms. The van der Waals surface area contributed by atoms with Crippen LogP contribution in [0.5, 0.6) is 0 Å². The van der Waals surface area contributed by atoms with E-state index in [0.717, 1.165) is 0 Å². The van der Waals surface area contributed by atoms with Crippen LogP contribution in [-0.2, 0) is 0 Å². The third kappa shape index (κ3) is 2.33. The standard InChI is InChI=1S/C12H11FN2O2/c1-7-11(8(2)17-15-7)14-12(16)9-4-3-5-10(13)6-9/h3-6H,1-2H3,(H,14,16). The number of hydrogen-bond donors (Lipinski definition) is 1. The number of nitrogens with one attached hydrogen (secondary N) is 1. The van der Waals surface area contributed by atoms with E-state index in [0.29, 0.717) is 17.1 Å². The monoisotopic (exact) mass is 234 g/mol. The minimum absolute atomic E-state index is 0.255. The lowest BCUT2D eigenvalue weighted by Crippen LogP contribution is -2.13. The highest BCUT2D eigenvalue weighted by Gasteiger charge is 2.13. The van der Waals surface area contributed by atoms with Crippen LogP contribution >= 0.6 is 0 Å². The largest absolute Gasteiger partial charge is 0.359 e. The van der Waals surface area contributed by atoms with E-state index in [1.165, 1.54) is 24.3 Å². The van der Waals surface area contributed by atoms with Crippen molar-refractivity contribution in [1.29, 1.82) is 0 Å². The molecule has 1 aromatic carbocycles. The topological polar surface area (TPSA) is 55.1 Å². The third-order valence-electron chi connectivity index (χ3n) is 2.36. The summed E-state index contributed by atoms with van der Waals surface area (Å²) in [5.41, 5.74) is 1.37. The van der Waals surface area contributed by atoms with Crippen molar-refractivity contribution in [2.24, 2.45) is 0 Å². The van der Waals surface area contributed by atoms with E-state index in [1.807, 2.05) is 0 Å². The number of carbonyl (C=O) groups excluding carboxylic acids is 1. The average molecular weight is 234 g/mol. The molecule has 1 heterocycles. The first kappa shape index (κ1) is 11.3. The van der Waals surface area contributed by atoms with Crippen LogP contribution in [0.3, 0.4) is 0 Å². The number of benzene rings is 1. The summed E-state index contributed by atoms with van der Waals surface area (Å²) < 4.78 is 17.9. The van der Waals surface area contributed by atoms with Crippen molar-refractivity contribution in [3.63, 3.8) is 0 Å². The quantitative estimate of drug-likeness (QED) is 0.869. The highest BCUT2D eigenvalue weighted by atomic mass is 19.1. The van der Waals surface area contributed by atoms with Crippen LogP contribution in [0.2, 0.25) is 0 Å². The van der Waals surface area contributed by atoms with Gasteiger partial charge in [0.25, 0.3) is 5.91 Å². The fourth-order valence-corrected chi connectivity index (χ4v) is 1.48. The molecule has 0 aliphatic carbocycles. The molecule has 0 unspecified atom stereocenters. The SMILES string of the molecule is Cc1noc(C)c1NC(=O)c1cccc(F)c1. The second-order valence-electron chi connectivity index (χ2n) is 3.66. The molecular formula is C12H11FN2O2. The molecule has 1 amide bonds. The Labute approximate surface area is 97.4 Å². The van der Waals surface area contributed by atoms with E-state index >= 15 is 0 Å². The van der Waals surface area contributed by atoms with E-state index < -0.39 is 5.82 Å². The van der Waals surface area contributed by atoms with Crippen LogP contribution in [0.4, 0.5) is 10.1 Å². The first-order chi connectivity index (χ1) is 8.08. The van der Waals surface area contributed by atoms with Gasteiger partial charge in [-0.1, -0.05) is 11.2 Å². The molecule has 4 nitrogen and oxygen atoms in total. The van der Waals surface area contributed by atoms with E-state index in [4.69, 9.17) is 4.52 Å². The van der Waals surface area contributed by atoms with Gasteiger partial charge in [-0.2, -0.15) is 0 Å². The summed E-state index contributed by atoms with van der Waals surface area (Å²) in [4.78, 5) is 11.8. The molecule has 0 aliphatic heterocycles. The molecule has 0 spiro atoms. The Morgan fingerprint density at radius 1 is 1.41 bits per heavy atom. The summed E-state index contributed by atoms with van der Waals surface area (Å²) in [6, 6.07) is 5.48. The molecule has 0 saturated carbocycles. The van der Waals surface area contributed by atoms with Crippen molar-refractivity contribution in [3.8, 4) is 0 Å². The number of aromatic nitrogens is 1. The minimum Gasteiger partial charge on any atom is -0.359 e. The Balaban J connectivity index is 2.23. The molecule has 0 bridgehead atoms. The Kier molecular flexibility index (Phi) is 2.91. The summed E-state index contributed by atoms with van der Waals surface area (Å²) in [6.45, 7) is 3.42. The Morgan fingerprint density at radius 2 is 2.18 bits per heavy atom. The van der Waals surface area contributed by atoms with Gasteiger partial charge < -0.3 is 9.84 Å². The van der Waals surface area contributed by atoms with Crippen molar-refractivity contribution in [3.05, 3.63) is 47.1 Å². The van der Waals surface area contributed by atoms with E-state index in [1.54, 1.807) is 13.8 Å². The molecule has 1 aromatic heterocycles. The molecule has 0 saturated heterocycles. The smallest absolute Gasteiger partial charge is 0.255 e. The van der Waals surface area contributed by atoms with Crippen LogP contribution < -0.4 is 5.32 Å². The highest BCUT2D eigenvalue weighted by molar-refractivity contribution is 6.04. The van der Waals surface area contributed by atoms with Gasteiger partial charge in [0.15, 0.2) is 5.76 Å². The molecule has 2 aromatic rings. The third-order valence-corrected chi connectivity index (χ3v) is 2.36. The maximum absolute atomic E-state index is 13.0. The lowest BCUT2D eigenvalue weighted by atomic mass is 10.2. The van der Waals surface area contributed by atoms with Gasteiger partial charge in [0.05, 0.1) is 0 Å². The summed E-state index contributed by atoms with van der Waals surface area (Å²) >= 11 is 0. The van der Waals surface area contributed by atoms with Crippen LogP contribution in [-0.4, -0.2) is 11.1 Å². The molecule has 88 valence electrons. The van der Waals surface area contributed by atoms with E-state index in [2.05, 4.69) is 10.5 Å². The predicted molar refractivity (Wildman–Crippen MR) is 60.3 cm³/mol. The molecule has 0 aliphatic rings. The summed E-state index contributed by atoms with van der Waals surface area (Å²) in [7, 11) is 0. The van der Waals surface area contributed by atoms with Gasteiger partial charge in [0, 0.05) is 5.56 Å². The number of hydrogen-bond acceptors (Lipinski definition) is 3. The molecule has 0 atom stereocenters. The van der Waals surface area contributed by atoms with Crippen molar-refractivity contribution in [2.75, 3.05) is 5.32 Å². The van der Waals surface area contributed by atoms with Gasteiger partial charge in [-0.25, -0.2) is 4.39 Å². The lowest BCUT2D eigenvalue weighted by molar-refractivity contribution is 0.102. The highest BCUT2D eigenvalue weighted by Crippen LogP contribution is 2.19. The van der Waals surface area contributed by atoms with Crippen molar-refractivity contribution in [1.82, 2.24) is 5.16 Å². The first-order valence-electron chi connectivity index (χ1n) is 5.07. The summed E-state index contributed by atoms with van der Waals surface area (Å²) in [5.74, 6) is -0.317. The van der Waals surface area contributed by atoms with Crippen molar-refractivity contribution >= 4 is 11.6 Å². The van der Waals surface area contributed by atoms with Gasteiger partial charge in [-0.05, 0) is 32.0 Å². The van der Waals surface area contributed by atoms with Crippen molar-refractivity contribution in [2.45, 2.75) is 13.8 Å². The number of carbonyl (C=O) groups is 1. The average Bonchev–Trinajstić information content (AvgIpc) is 2.61. The minimum atomic E-state index is -0.448. The fourth-order valence-electron chi connectivity index (χ4n) is 1.48. The molecule has 1 N–H and O–H groups in total. The van der Waals surface area contributed by atoms with Gasteiger partial charge in [0.2, 0.25) is 0 Å².